The molecule has 4 nitrogen and oxygen atoms in total. The molecule has 2 heterocycles. The third-order valence-corrected chi connectivity index (χ3v) is 2.69. The zero-order valence-corrected chi connectivity index (χ0v) is 9.68. The van der Waals surface area contributed by atoms with Crippen LogP contribution in [0.3, 0.4) is 0 Å². The van der Waals surface area contributed by atoms with Crippen molar-refractivity contribution < 1.29 is 0 Å². The molecule has 0 fully saturated rings. The highest BCUT2D eigenvalue weighted by atomic mass is 32.1. The van der Waals surface area contributed by atoms with Gasteiger partial charge in [0.05, 0.1) is 22.4 Å². The number of nitrogens with zero attached hydrogens (tertiary/aromatic N) is 4. The zero-order valence-electron chi connectivity index (χ0n) is 8.04. The van der Waals surface area contributed by atoms with Crippen LogP contribution in [-0.4, -0.2) is 19.9 Å². The normalized spacial score (nSPS) is 9.93. The summed E-state index contributed by atoms with van der Waals surface area (Å²) in [6.07, 6.45) is 1.85. The van der Waals surface area contributed by atoms with E-state index in [1.165, 1.54) is 0 Å². The van der Waals surface area contributed by atoms with Crippen molar-refractivity contribution in [3.05, 3.63) is 28.3 Å². The summed E-state index contributed by atoms with van der Waals surface area (Å²) in [5, 5.41) is 9.57. The predicted molar refractivity (Wildman–Crippen MR) is 62.9 cm³/mol. The minimum absolute atomic E-state index is 0.581. The van der Waals surface area contributed by atoms with Crippen molar-refractivity contribution in [2.45, 2.75) is 13.5 Å². The molecule has 0 aliphatic carbocycles. The van der Waals surface area contributed by atoms with Crippen molar-refractivity contribution in [1.82, 2.24) is 14.8 Å². The van der Waals surface area contributed by atoms with Crippen molar-refractivity contribution in [3.63, 3.8) is 0 Å². The largest absolute Gasteiger partial charge is 0.265 e. The van der Waals surface area contributed by atoms with Crippen molar-refractivity contribution >= 4 is 34.5 Å². The van der Waals surface area contributed by atoms with Gasteiger partial charge in [-0.3, -0.25) is 4.68 Å². The van der Waals surface area contributed by atoms with Gasteiger partial charge in [0.25, 0.3) is 0 Å². The number of aryl methyl sites for hydroxylation is 1. The van der Waals surface area contributed by atoms with E-state index in [9.17, 15) is 0 Å². The fourth-order valence-electron chi connectivity index (χ4n) is 1.19. The molecule has 15 heavy (non-hydrogen) atoms. The first-order valence-electron chi connectivity index (χ1n) is 4.30. The van der Waals surface area contributed by atoms with Crippen molar-refractivity contribution in [2.24, 2.45) is 4.99 Å². The highest BCUT2D eigenvalue weighted by molar-refractivity contribution is 7.78. The van der Waals surface area contributed by atoms with E-state index < -0.39 is 0 Å². The van der Waals surface area contributed by atoms with E-state index in [0.29, 0.717) is 12.4 Å². The van der Waals surface area contributed by atoms with Crippen LogP contribution in [-0.2, 0) is 6.54 Å². The Morgan fingerprint density at radius 3 is 3.20 bits per heavy atom. The number of aliphatic imine (C=N–C) groups is 1. The monoisotopic (exact) mass is 236 g/mol. The maximum absolute atomic E-state index is 4.50. The molecule has 0 aromatic carbocycles. The number of hydrogen-bond acceptors (Lipinski definition) is 5. The summed E-state index contributed by atoms with van der Waals surface area (Å²) in [6.45, 7) is 2.65. The van der Waals surface area contributed by atoms with Gasteiger partial charge in [-0.05, 0) is 19.1 Å². The lowest BCUT2D eigenvalue weighted by Gasteiger charge is -1.95. The van der Waals surface area contributed by atoms with Crippen LogP contribution in [0.4, 0.5) is 5.82 Å². The van der Waals surface area contributed by atoms with Gasteiger partial charge in [-0.25, -0.2) is 4.98 Å². The van der Waals surface area contributed by atoms with Crippen LogP contribution < -0.4 is 0 Å². The molecule has 0 bridgehead atoms. The molecule has 0 aliphatic rings. The topological polar surface area (TPSA) is 43.1 Å². The molecule has 0 N–H and O–H groups in total. The fourth-order valence-corrected chi connectivity index (χ4v) is 1.89. The lowest BCUT2D eigenvalue weighted by Crippen LogP contribution is -1.99. The minimum atomic E-state index is 0.581. The Labute approximate surface area is 96.3 Å². The fraction of sp³-hybridized carbons (Fsp3) is 0.222. The molecule has 0 saturated carbocycles. The van der Waals surface area contributed by atoms with Crippen LogP contribution in [0, 0.1) is 6.92 Å². The average Bonchev–Trinajstić information content (AvgIpc) is 2.78. The van der Waals surface area contributed by atoms with Gasteiger partial charge in [-0.1, -0.05) is 0 Å². The summed E-state index contributed by atoms with van der Waals surface area (Å²) in [7, 11) is 0. The highest BCUT2D eigenvalue weighted by Gasteiger charge is 2.01. The summed E-state index contributed by atoms with van der Waals surface area (Å²) in [4.78, 5) is 8.14. The van der Waals surface area contributed by atoms with Crippen LogP contribution in [0.2, 0.25) is 0 Å². The van der Waals surface area contributed by atoms with Crippen molar-refractivity contribution in [3.8, 4) is 0 Å². The third-order valence-electron chi connectivity index (χ3n) is 1.78. The van der Waals surface area contributed by atoms with Crippen LogP contribution in [0.1, 0.15) is 10.7 Å². The van der Waals surface area contributed by atoms with E-state index >= 15 is 0 Å². The first-order chi connectivity index (χ1) is 7.28. The van der Waals surface area contributed by atoms with Crippen LogP contribution in [0.5, 0.6) is 0 Å². The smallest absolute Gasteiger partial charge is 0.184 e. The third kappa shape index (κ3) is 2.56. The van der Waals surface area contributed by atoms with E-state index in [1.807, 2.05) is 18.5 Å². The van der Waals surface area contributed by atoms with E-state index in [2.05, 4.69) is 32.5 Å². The minimum Gasteiger partial charge on any atom is -0.265 e. The molecule has 0 aliphatic heterocycles. The molecule has 2 rings (SSSR count). The number of thiazole rings is 1. The maximum atomic E-state index is 4.50. The van der Waals surface area contributed by atoms with Crippen molar-refractivity contribution in [2.75, 3.05) is 0 Å². The molecule has 2 aromatic heterocycles. The van der Waals surface area contributed by atoms with Gasteiger partial charge in [0.2, 0.25) is 0 Å². The summed E-state index contributed by atoms with van der Waals surface area (Å²) < 4.78 is 1.78. The number of thiocarbonyl (C=S) groups is 1. The quantitative estimate of drug-likeness (QED) is 0.607. The van der Waals surface area contributed by atoms with E-state index in [1.54, 1.807) is 22.1 Å². The molecule has 6 heteroatoms. The summed E-state index contributed by atoms with van der Waals surface area (Å²) in [5.41, 5.74) is 1.01. The van der Waals surface area contributed by atoms with Crippen LogP contribution >= 0.6 is 23.6 Å². The van der Waals surface area contributed by atoms with Gasteiger partial charge in [-0.15, -0.1) is 11.3 Å². The van der Waals surface area contributed by atoms with E-state index in [-0.39, 0.29) is 0 Å². The lowest BCUT2D eigenvalue weighted by atomic mass is 10.5. The van der Waals surface area contributed by atoms with Gasteiger partial charge in [0.15, 0.2) is 5.82 Å². The Bertz CT molecular complexity index is 508. The Morgan fingerprint density at radius 1 is 1.67 bits per heavy atom. The lowest BCUT2D eigenvalue weighted by molar-refractivity contribution is 0.676. The Balaban J connectivity index is 2.14. The standard InChI is InChI=1S/C9H8N4S2/c1-7-11-8(5-15-7)4-13-3-2-9(12-13)10-6-14/h2-3,5H,4H2,1H3. The van der Waals surface area contributed by atoms with Gasteiger partial charge < -0.3 is 0 Å². The number of rotatable bonds is 3. The second kappa shape index (κ2) is 4.44. The van der Waals surface area contributed by atoms with Crippen LogP contribution in [0.25, 0.3) is 0 Å². The summed E-state index contributed by atoms with van der Waals surface area (Å²) in [6, 6.07) is 1.79. The molecule has 0 atom stereocenters. The number of hydrogen-bond donors (Lipinski definition) is 0. The Hall–Kier alpha value is -1.36. The molecule has 0 unspecified atom stereocenters. The van der Waals surface area contributed by atoms with Crippen molar-refractivity contribution in [1.29, 1.82) is 0 Å². The summed E-state index contributed by atoms with van der Waals surface area (Å²) >= 11 is 6.14. The highest BCUT2D eigenvalue weighted by Crippen LogP contribution is 2.11. The molecule has 0 saturated heterocycles. The van der Waals surface area contributed by atoms with Gasteiger partial charge in [0, 0.05) is 17.6 Å². The second-order valence-electron chi connectivity index (χ2n) is 2.93. The van der Waals surface area contributed by atoms with E-state index in [4.69, 9.17) is 0 Å². The Kier molecular flexibility index (Phi) is 3.01. The molecule has 0 spiro atoms. The maximum Gasteiger partial charge on any atom is 0.184 e. The average molecular weight is 236 g/mol. The first-order valence-corrected chi connectivity index (χ1v) is 5.59. The number of isothiocyanates is 1. The Morgan fingerprint density at radius 2 is 2.53 bits per heavy atom. The van der Waals surface area contributed by atoms with Gasteiger partial charge >= 0.3 is 0 Å². The first kappa shape index (κ1) is 10.2. The molecule has 0 amide bonds. The van der Waals surface area contributed by atoms with Gasteiger partial charge in [0.1, 0.15) is 0 Å². The van der Waals surface area contributed by atoms with Gasteiger partial charge in [-0.2, -0.15) is 10.1 Å². The molecule has 76 valence electrons. The van der Waals surface area contributed by atoms with E-state index in [0.717, 1.165) is 10.7 Å². The summed E-state index contributed by atoms with van der Waals surface area (Å²) in [5.74, 6) is 0.581. The van der Waals surface area contributed by atoms with Crippen LogP contribution in [0.15, 0.2) is 22.6 Å². The number of aromatic nitrogens is 3. The molecular weight excluding hydrogens is 228 g/mol. The molecule has 0 radical (unpaired) electrons. The predicted octanol–water partition coefficient (Wildman–Crippen LogP) is 2.43. The molecule has 2 aromatic rings. The second-order valence-corrected chi connectivity index (χ2v) is 4.18. The zero-order chi connectivity index (χ0) is 10.7. The molecular formula is C9H8N4S2. The SMILES string of the molecule is Cc1nc(Cn2ccc(N=C=S)n2)cs1.